The highest BCUT2D eigenvalue weighted by atomic mass is 19.4. The Kier molecular flexibility index (Phi) is 6.91. The summed E-state index contributed by atoms with van der Waals surface area (Å²) in [5.41, 5.74) is -2.82. The first-order valence-electron chi connectivity index (χ1n) is 15.7. The van der Waals surface area contributed by atoms with Crippen molar-refractivity contribution in [2.45, 2.75) is 81.1 Å². The maximum absolute atomic E-state index is 16.8. The minimum atomic E-state index is -5.59. The van der Waals surface area contributed by atoms with Crippen LogP contribution >= 0.6 is 0 Å². The van der Waals surface area contributed by atoms with E-state index in [4.69, 9.17) is 15.2 Å². The number of nitrogen functional groups attached to an aromatic ring is 1. The van der Waals surface area contributed by atoms with Gasteiger partial charge in [0.15, 0.2) is 17.5 Å². The first-order valence-corrected chi connectivity index (χ1v) is 15.7. The fourth-order valence-electron chi connectivity index (χ4n) is 8.49. The van der Waals surface area contributed by atoms with Crippen molar-refractivity contribution in [3.63, 3.8) is 0 Å². The summed E-state index contributed by atoms with van der Waals surface area (Å²) in [5, 5.41) is 13.3. The predicted octanol–water partition coefficient (Wildman–Crippen LogP) is 4.63. The highest BCUT2D eigenvalue weighted by Gasteiger charge is 2.51. The van der Waals surface area contributed by atoms with E-state index in [1.54, 1.807) is 6.92 Å². The third-order valence-corrected chi connectivity index (χ3v) is 10.5. The van der Waals surface area contributed by atoms with E-state index < -0.39 is 75.0 Å². The van der Waals surface area contributed by atoms with E-state index in [2.05, 4.69) is 20.3 Å². The van der Waals surface area contributed by atoms with Gasteiger partial charge in [-0.3, -0.25) is 4.90 Å². The number of ether oxygens (including phenoxy) is 2. The molecule has 4 saturated heterocycles. The number of anilines is 2. The third-order valence-electron chi connectivity index (χ3n) is 10.5. The second-order valence-corrected chi connectivity index (χ2v) is 13.3. The van der Waals surface area contributed by atoms with Gasteiger partial charge in [0.25, 0.3) is 0 Å². The molecule has 254 valence electrons. The molecule has 2 aromatic heterocycles. The molecule has 8 rings (SSSR count). The van der Waals surface area contributed by atoms with Crippen LogP contribution in [0.15, 0.2) is 0 Å². The Hall–Kier alpha value is -4.17. The number of hydrogen-bond donors (Lipinski definition) is 2. The second kappa shape index (κ2) is 10.7. The maximum atomic E-state index is 16.8. The van der Waals surface area contributed by atoms with Gasteiger partial charge in [-0.25, -0.2) is 22.5 Å². The van der Waals surface area contributed by atoms with Gasteiger partial charge >= 0.3 is 12.2 Å². The molecular weight excluding hydrogens is 649 g/mol. The summed E-state index contributed by atoms with van der Waals surface area (Å²) in [4.78, 5) is 17.0. The number of nitrogens with two attached hydrogens (primary N) is 1. The summed E-state index contributed by atoms with van der Waals surface area (Å²) in [6, 6.07) is 0.656. The number of nitrogens with zero attached hydrogens (tertiary/aromatic N) is 6. The van der Waals surface area contributed by atoms with Crippen LogP contribution in [-0.4, -0.2) is 82.0 Å². The molecular formula is C31H29F7N8O2. The molecule has 1 aromatic carbocycles. The zero-order valence-electron chi connectivity index (χ0n) is 25.5. The molecule has 0 amide bonds. The van der Waals surface area contributed by atoms with Crippen LogP contribution in [0.2, 0.25) is 0 Å². The number of hydrogen-bond acceptors (Lipinski definition) is 10. The lowest BCUT2D eigenvalue weighted by atomic mass is 9.94. The fourth-order valence-corrected chi connectivity index (χ4v) is 8.49. The first kappa shape index (κ1) is 31.1. The van der Waals surface area contributed by atoms with Gasteiger partial charge in [0.1, 0.15) is 52.9 Å². The summed E-state index contributed by atoms with van der Waals surface area (Å²) in [7, 11) is 0. The standard InChI is InChI=1S/C31H29F7N8O2/c1-12-26-16-4-3-14(41-16)10-46(26)27-18-25(43-29(44-27)47-11-30-5-2-6-45(30)9-13(32)7-30)22(35)24(42-28(18)48-12)17-15(8-39)23(40)21(34)20(33)19(17)31(36,37)38/h12-14,16,26,41H,2-7,9-11,40H2,1H3/t12-,13+,14+,16-,26+,30-/m0/s1. The van der Waals surface area contributed by atoms with Crippen LogP contribution in [0, 0.1) is 28.8 Å². The van der Waals surface area contributed by atoms with Crippen molar-refractivity contribution in [1.82, 2.24) is 25.2 Å². The van der Waals surface area contributed by atoms with Gasteiger partial charge in [-0.05, 0) is 39.2 Å². The zero-order valence-corrected chi connectivity index (χ0v) is 25.5. The molecule has 5 aliphatic heterocycles. The van der Waals surface area contributed by atoms with Crippen molar-refractivity contribution in [3.8, 4) is 29.2 Å². The molecule has 6 atom stereocenters. The van der Waals surface area contributed by atoms with E-state index in [1.165, 1.54) is 6.07 Å². The Balaban J connectivity index is 1.37. The lowest BCUT2D eigenvalue weighted by molar-refractivity contribution is -0.139. The number of nitrogens with one attached hydrogen (secondary N) is 1. The van der Waals surface area contributed by atoms with Crippen LogP contribution in [0.5, 0.6) is 11.9 Å². The van der Waals surface area contributed by atoms with Crippen molar-refractivity contribution in [2.24, 2.45) is 0 Å². The average Bonchev–Trinajstić information content (AvgIpc) is 3.67. The average molecular weight is 679 g/mol. The highest BCUT2D eigenvalue weighted by molar-refractivity contribution is 5.98. The van der Waals surface area contributed by atoms with Crippen LogP contribution in [0.4, 0.5) is 42.2 Å². The minimum Gasteiger partial charge on any atom is -0.472 e. The Morgan fingerprint density at radius 3 is 2.67 bits per heavy atom. The Bertz CT molecular complexity index is 1900. The summed E-state index contributed by atoms with van der Waals surface area (Å²) in [6.45, 7) is 3.07. The number of halogens is 7. The van der Waals surface area contributed by atoms with Gasteiger partial charge in [-0.15, -0.1) is 0 Å². The number of benzene rings is 1. The van der Waals surface area contributed by atoms with E-state index in [0.717, 1.165) is 19.3 Å². The van der Waals surface area contributed by atoms with Gasteiger partial charge < -0.3 is 25.4 Å². The maximum Gasteiger partial charge on any atom is 0.420 e. The molecule has 48 heavy (non-hydrogen) atoms. The quantitative estimate of drug-likeness (QED) is 0.298. The molecule has 3 aromatic rings. The van der Waals surface area contributed by atoms with Gasteiger partial charge in [0.2, 0.25) is 5.88 Å². The number of piperazine rings is 1. The summed E-state index contributed by atoms with van der Waals surface area (Å²) in [5.74, 6) is -6.18. The summed E-state index contributed by atoms with van der Waals surface area (Å²) in [6.07, 6.45) is -3.96. The smallest absolute Gasteiger partial charge is 0.420 e. The van der Waals surface area contributed by atoms with Gasteiger partial charge in [0, 0.05) is 37.2 Å². The van der Waals surface area contributed by atoms with E-state index in [-0.39, 0.29) is 60.8 Å². The third kappa shape index (κ3) is 4.48. The largest absolute Gasteiger partial charge is 0.472 e. The van der Waals surface area contributed by atoms with E-state index in [9.17, 15) is 27.2 Å². The first-order chi connectivity index (χ1) is 22.8. The summed E-state index contributed by atoms with van der Waals surface area (Å²) < 4.78 is 116. The Labute approximate surface area is 269 Å². The lowest BCUT2D eigenvalue weighted by Crippen LogP contribution is -2.62. The Morgan fingerprint density at radius 2 is 1.92 bits per heavy atom. The monoisotopic (exact) mass is 678 g/mol. The molecule has 0 saturated carbocycles. The molecule has 4 fully saturated rings. The molecule has 17 heteroatoms. The fraction of sp³-hybridized carbons (Fsp3) is 0.548. The van der Waals surface area contributed by atoms with Crippen LogP contribution in [0.3, 0.4) is 0 Å². The van der Waals surface area contributed by atoms with Gasteiger partial charge in [-0.1, -0.05) is 0 Å². The molecule has 0 radical (unpaired) electrons. The van der Waals surface area contributed by atoms with Crippen LogP contribution in [0.1, 0.15) is 50.2 Å². The molecule has 0 aliphatic carbocycles. The van der Waals surface area contributed by atoms with Crippen LogP contribution in [0.25, 0.3) is 22.2 Å². The number of pyridine rings is 1. The number of alkyl halides is 4. The molecule has 7 heterocycles. The molecule has 3 N–H and O–H groups in total. The van der Waals surface area contributed by atoms with Crippen molar-refractivity contribution < 1.29 is 40.2 Å². The van der Waals surface area contributed by atoms with E-state index in [0.29, 0.717) is 19.5 Å². The molecule has 0 unspecified atom stereocenters. The van der Waals surface area contributed by atoms with Crippen LogP contribution in [-0.2, 0) is 6.18 Å². The number of aromatic nitrogens is 3. The topological polar surface area (TPSA) is 125 Å². The van der Waals surface area contributed by atoms with E-state index in [1.807, 2.05) is 9.80 Å². The number of nitriles is 1. The van der Waals surface area contributed by atoms with Crippen molar-refractivity contribution in [1.29, 1.82) is 5.26 Å². The van der Waals surface area contributed by atoms with E-state index >= 15 is 8.78 Å². The molecule has 5 aliphatic rings. The number of fused-ring (bicyclic) bond motifs is 6. The van der Waals surface area contributed by atoms with Gasteiger partial charge in [0.05, 0.1) is 22.8 Å². The SMILES string of the molecule is C[C@@H]1Oc2nc(-c3c(C#N)c(N)c(F)c(F)c3C(F)(F)F)c(F)c3nc(OC[C@@]45CCCN4C[C@H](F)C5)nc(c23)N2C[C@H]3CC[C@H](N3)[C@@H]12. The minimum absolute atomic E-state index is 0.0234. The van der Waals surface area contributed by atoms with Crippen molar-refractivity contribution >= 4 is 22.4 Å². The zero-order chi connectivity index (χ0) is 33.9. The molecule has 10 nitrogen and oxygen atoms in total. The van der Waals surface area contributed by atoms with Crippen LogP contribution < -0.4 is 25.4 Å². The number of rotatable bonds is 4. The molecule has 2 bridgehead atoms. The molecule has 0 spiro atoms. The normalized spacial score (nSPS) is 29.4. The Morgan fingerprint density at radius 1 is 1.12 bits per heavy atom. The summed E-state index contributed by atoms with van der Waals surface area (Å²) >= 11 is 0. The lowest BCUT2D eigenvalue weighted by Gasteiger charge is -2.42. The predicted molar refractivity (Wildman–Crippen MR) is 156 cm³/mol. The van der Waals surface area contributed by atoms with Crippen molar-refractivity contribution in [2.75, 3.05) is 36.9 Å². The van der Waals surface area contributed by atoms with Gasteiger partial charge in [-0.2, -0.15) is 28.4 Å². The highest BCUT2D eigenvalue weighted by Crippen LogP contribution is 2.49. The second-order valence-electron chi connectivity index (χ2n) is 13.3. The van der Waals surface area contributed by atoms with Crippen molar-refractivity contribution in [3.05, 3.63) is 28.6 Å².